The van der Waals surface area contributed by atoms with Crippen molar-refractivity contribution < 1.29 is 27.2 Å². The van der Waals surface area contributed by atoms with E-state index in [0.29, 0.717) is 37.9 Å². The van der Waals surface area contributed by atoms with Gasteiger partial charge in [-0.05, 0) is 113 Å². The Labute approximate surface area is 421 Å². The zero-order valence-electron chi connectivity index (χ0n) is 41.3. The predicted molar refractivity (Wildman–Crippen MR) is 277 cm³/mol. The Balaban J connectivity index is 0.000000209. The fourth-order valence-corrected chi connectivity index (χ4v) is 8.84. The molecule has 2 aliphatic heterocycles. The van der Waals surface area contributed by atoms with Gasteiger partial charge in [0.25, 0.3) is 11.8 Å². The van der Waals surface area contributed by atoms with Crippen LogP contribution in [0.2, 0.25) is 0 Å². The van der Waals surface area contributed by atoms with Crippen molar-refractivity contribution >= 4 is 45.5 Å². The van der Waals surface area contributed by atoms with Crippen molar-refractivity contribution in [1.29, 1.82) is 0 Å². The van der Waals surface area contributed by atoms with Crippen molar-refractivity contribution in [2.75, 3.05) is 51.7 Å². The van der Waals surface area contributed by atoms with Gasteiger partial charge < -0.3 is 24.3 Å². The number of piperidine rings is 2. The first-order valence-electron chi connectivity index (χ1n) is 25.3. The number of nitrogens with zero attached hydrogens (tertiary/aromatic N) is 7. The summed E-state index contributed by atoms with van der Waals surface area (Å²) in [6.45, 7) is 12.2. The number of aromatic nitrogens is 4. The maximum atomic E-state index is 14.4. The second-order valence-corrected chi connectivity index (χ2v) is 18.2. The molecule has 2 fully saturated rings. The quantitative estimate of drug-likeness (QED) is 0.0494. The van der Waals surface area contributed by atoms with E-state index < -0.39 is 35.1 Å². The third kappa shape index (κ3) is 15.6. The van der Waals surface area contributed by atoms with E-state index in [9.17, 15) is 27.2 Å². The van der Waals surface area contributed by atoms with Crippen LogP contribution in [-0.4, -0.2) is 97.3 Å². The molecule has 2 aliphatic rings. The average molecular weight is 998 g/mol. The zero-order valence-corrected chi connectivity index (χ0v) is 42.0. The monoisotopic (exact) mass is 997 g/mol. The SMILES string of the molecule is C1CCNCC1.CCCCN(Cc1nc2ccccc2n1C/C=C\CCl)C(=O)c1cccc(F)c1F.CCCCN(Cc1nc2ccccc2n1C/C=C\CN1CCCCC1)C(=O)c1cccc(F)c1F. The van der Waals surface area contributed by atoms with E-state index in [-0.39, 0.29) is 24.2 Å². The molecule has 0 unspecified atom stereocenters. The minimum absolute atomic E-state index is 0.193. The lowest BCUT2D eigenvalue weighted by Crippen LogP contribution is -2.33. The number of halogens is 5. The summed E-state index contributed by atoms with van der Waals surface area (Å²) in [7, 11) is 0. The molecule has 6 aromatic rings. The molecule has 4 aromatic carbocycles. The standard InChI is InChI=1S/C28H34F2N4O.C23H24ClF2N3O.C5H11N/c1-2-3-19-33(28(35)22-12-11-13-23(29)27(22)30)21-26-31-24-14-5-6-15-25(24)34(26)20-10-9-18-32-16-7-4-8-17-32;1-2-3-14-28(23(30)17-9-8-10-18(25)22(17)26)16-21-27-19-11-4-5-12-20(19)29(21)15-7-6-13-24;1-2-4-6-5-3-1/h5-6,9-15H,2-4,7-8,16-21H2,1H3;4-12H,2-3,13-16H2,1H3;6H,1-5H2/b10-9-;7-6-;. The highest BCUT2D eigenvalue weighted by Gasteiger charge is 2.25. The molecule has 1 N–H and O–H groups in total. The van der Waals surface area contributed by atoms with Crippen LogP contribution >= 0.6 is 11.6 Å². The summed E-state index contributed by atoms with van der Waals surface area (Å²) >= 11 is 5.75. The molecule has 15 heteroatoms. The topological polar surface area (TPSA) is 91.5 Å². The number of carbonyl (C=O) groups is 2. The summed E-state index contributed by atoms with van der Waals surface area (Å²) in [5.74, 6) is -3.53. The highest BCUT2D eigenvalue weighted by atomic mass is 35.5. The summed E-state index contributed by atoms with van der Waals surface area (Å²) < 4.78 is 60.3. The number of nitrogens with one attached hydrogen (secondary N) is 1. The fraction of sp³-hybridized carbons (Fsp3) is 0.429. The molecule has 71 heavy (non-hydrogen) atoms. The van der Waals surface area contributed by atoms with Crippen LogP contribution in [0.25, 0.3) is 22.1 Å². The number of hydrogen-bond donors (Lipinski definition) is 1. The first kappa shape index (κ1) is 54.5. The van der Waals surface area contributed by atoms with Crippen LogP contribution in [0.5, 0.6) is 0 Å². The number of rotatable bonds is 19. The molecule has 4 heterocycles. The van der Waals surface area contributed by atoms with E-state index in [2.05, 4.69) is 31.9 Å². The number of para-hydroxylation sites is 4. The van der Waals surface area contributed by atoms with Gasteiger partial charge in [-0.3, -0.25) is 14.5 Å². The van der Waals surface area contributed by atoms with Crippen molar-refractivity contribution in [2.24, 2.45) is 0 Å². The van der Waals surface area contributed by atoms with Crippen molar-refractivity contribution in [1.82, 2.24) is 39.1 Å². The fourth-order valence-electron chi connectivity index (χ4n) is 8.71. The van der Waals surface area contributed by atoms with Gasteiger partial charge in [0.15, 0.2) is 23.3 Å². The summed E-state index contributed by atoms with van der Waals surface area (Å²) in [5, 5.41) is 3.28. The molecule has 2 aromatic heterocycles. The molecule has 0 radical (unpaired) electrons. The number of benzene rings is 4. The maximum Gasteiger partial charge on any atom is 0.257 e. The van der Waals surface area contributed by atoms with Gasteiger partial charge in [-0.2, -0.15) is 0 Å². The highest BCUT2D eigenvalue weighted by Crippen LogP contribution is 2.23. The molecule has 0 bridgehead atoms. The number of hydrogen-bond acceptors (Lipinski definition) is 6. The Morgan fingerprint density at radius 3 is 1.48 bits per heavy atom. The van der Waals surface area contributed by atoms with E-state index in [4.69, 9.17) is 16.6 Å². The highest BCUT2D eigenvalue weighted by molar-refractivity contribution is 6.18. The van der Waals surface area contributed by atoms with Crippen LogP contribution in [0.1, 0.15) is 110 Å². The summed E-state index contributed by atoms with van der Waals surface area (Å²) in [5.41, 5.74) is 3.08. The molecular formula is C56H69ClF4N8O2. The van der Waals surface area contributed by atoms with E-state index in [1.807, 2.05) is 79.1 Å². The summed E-state index contributed by atoms with van der Waals surface area (Å²) in [6, 6.07) is 23.0. The molecule has 2 amide bonds. The van der Waals surface area contributed by atoms with Gasteiger partial charge in [-0.1, -0.05) is 100 Å². The number of amides is 2. The van der Waals surface area contributed by atoms with Gasteiger partial charge in [0, 0.05) is 38.6 Å². The third-order valence-electron chi connectivity index (χ3n) is 12.7. The number of unbranched alkanes of at least 4 members (excludes halogenated alkanes) is 2. The molecule has 0 atom stereocenters. The molecule has 0 saturated carbocycles. The summed E-state index contributed by atoms with van der Waals surface area (Å²) in [6.07, 6.45) is 19.4. The second-order valence-electron chi connectivity index (χ2n) is 17.9. The largest absolute Gasteiger partial charge is 0.331 e. The lowest BCUT2D eigenvalue weighted by atomic mass is 10.1. The van der Waals surface area contributed by atoms with Crippen molar-refractivity contribution in [3.05, 3.63) is 155 Å². The Morgan fingerprint density at radius 1 is 0.592 bits per heavy atom. The number of fused-ring (bicyclic) bond motifs is 2. The molecular weight excluding hydrogens is 928 g/mol. The van der Waals surface area contributed by atoms with Crippen LogP contribution in [0, 0.1) is 23.3 Å². The lowest BCUT2D eigenvalue weighted by Gasteiger charge is -2.25. The van der Waals surface area contributed by atoms with Crippen LogP contribution in [-0.2, 0) is 26.2 Å². The van der Waals surface area contributed by atoms with Crippen LogP contribution in [0.4, 0.5) is 17.6 Å². The number of allylic oxidation sites excluding steroid dienone is 3. The Hall–Kier alpha value is -5.83. The van der Waals surface area contributed by atoms with Gasteiger partial charge in [0.1, 0.15) is 11.6 Å². The third-order valence-corrected chi connectivity index (χ3v) is 12.8. The van der Waals surface area contributed by atoms with Gasteiger partial charge in [0.2, 0.25) is 0 Å². The number of carbonyl (C=O) groups excluding carboxylic acids is 2. The van der Waals surface area contributed by atoms with Gasteiger partial charge in [-0.15, -0.1) is 11.6 Å². The Morgan fingerprint density at radius 2 is 1.04 bits per heavy atom. The van der Waals surface area contributed by atoms with Crippen LogP contribution in [0.3, 0.4) is 0 Å². The van der Waals surface area contributed by atoms with Crippen molar-refractivity contribution in [3.8, 4) is 0 Å². The first-order valence-corrected chi connectivity index (χ1v) is 25.8. The van der Waals surface area contributed by atoms with E-state index >= 15 is 0 Å². The smallest absolute Gasteiger partial charge is 0.257 e. The van der Waals surface area contributed by atoms with E-state index in [1.54, 1.807) is 4.90 Å². The van der Waals surface area contributed by atoms with Gasteiger partial charge in [-0.25, -0.2) is 27.5 Å². The first-order chi connectivity index (χ1) is 34.6. The molecule has 10 nitrogen and oxygen atoms in total. The van der Waals surface area contributed by atoms with Gasteiger partial charge >= 0.3 is 0 Å². The molecule has 0 aliphatic carbocycles. The van der Waals surface area contributed by atoms with Crippen molar-refractivity contribution in [3.63, 3.8) is 0 Å². The maximum absolute atomic E-state index is 14.4. The van der Waals surface area contributed by atoms with Crippen LogP contribution in [0.15, 0.2) is 109 Å². The molecule has 380 valence electrons. The lowest BCUT2D eigenvalue weighted by molar-refractivity contribution is 0.0722. The van der Waals surface area contributed by atoms with Crippen molar-refractivity contribution in [2.45, 2.75) is 104 Å². The normalized spacial score (nSPS) is 14.1. The Bertz CT molecular complexity index is 2660. The van der Waals surface area contributed by atoms with Crippen LogP contribution < -0.4 is 5.32 Å². The number of alkyl halides is 1. The van der Waals surface area contributed by atoms with Gasteiger partial charge in [0.05, 0.1) is 46.3 Å². The second kappa shape index (κ2) is 28.9. The molecule has 8 rings (SSSR count). The Kier molecular flexibility index (Phi) is 22.2. The minimum atomic E-state index is -1.12. The average Bonchev–Trinajstić information content (AvgIpc) is 3.94. The van der Waals surface area contributed by atoms with E-state index in [1.165, 1.54) is 80.8 Å². The van der Waals surface area contributed by atoms with E-state index in [0.717, 1.165) is 85.3 Å². The minimum Gasteiger partial charge on any atom is -0.331 e. The summed E-state index contributed by atoms with van der Waals surface area (Å²) in [4.78, 5) is 41.4. The number of imidazole rings is 2. The predicted octanol–water partition coefficient (Wildman–Crippen LogP) is 12.1. The molecule has 0 spiro atoms. The zero-order chi connectivity index (χ0) is 50.4. The number of likely N-dealkylation sites (tertiary alicyclic amines) is 1. The molecule has 2 saturated heterocycles.